The maximum atomic E-state index is 13.7. The lowest BCUT2D eigenvalue weighted by atomic mass is 9.76. The number of primary amides is 1. The summed E-state index contributed by atoms with van der Waals surface area (Å²) in [5.74, 6) is -3.58. The van der Waals surface area contributed by atoms with Crippen LogP contribution in [0.3, 0.4) is 0 Å². The van der Waals surface area contributed by atoms with Crippen LogP contribution in [0.2, 0.25) is 0 Å². The number of rotatable bonds is 7. The second-order valence-corrected chi connectivity index (χ2v) is 9.49. The van der Waals surface area contributed by atoms with Crippen LogP contribution in [0.15, 0.2) is 24.3 Å². The van der Waals surface area contributed by atoms with E-state index < -0.39 is 35.4 Å². The minimum atomic E-state index is -1.60. The van der Waals surface area contributed by atoms with Crippen molar-refractivity contribution in [2.24, 2.45) is 17.6 Å². The molecule has 5 N–H and O–H groups in total. The second-order valence-electron chi connectivity index (χ2n) is 9.49. The van der Waals surface area contributed by atoms with Gasteiger partial charge in [0.1, 0.15) is 5.54 Å². The highest BCUT2D eigenvalue weighted by atomic mass is 16.4. The lowest BCUT2D eigenvalue weighted by molar-refractivity contribution is -0.153. The number of carbonyl (C=O) groups excluding carboxylic acids is 3. The number of carbonyl (C=O) groups is 4. The zero-order valence-corrected chi connectivity index (χ0v) is 18.9. The molecule has 3 aliphatic rings. The number of carboxylic acid groups (broad SMARTS) is 1. The molecule has 1 saturated carbocycles. The van der Waals surface area contributed by atoms with Crippen molar-refractivity contribution >= 4 is 23.8 Å². The van der Waals surface area contributed by atoms with Crippen molar-refractivity contribution in [3.8, 4) is 0 Å². The number of aryl methyl sites for hydroxylation is 1. The van der Waals surface area contributed by atoms with Crippen LogP contribution in [0.25, 0.3) is 0 Å². The fraction of sp³-hybridized carbons (Fsp3) is 0.583. The van der Waals surface area contributed by atoms with E-state index in [-0.39, 0.29) is 30.8 Å². The van der Waals surface area contributed by atoms with Gasteiger partial charge in [0.15, 0.2) is 0 Å². The fourth-order valence-electron chi connectivity index (χ4n) is 6.04. The summed E-state index contributed by atoms with van der Waals surface area (Å²) in [6.45, 7) is 2.11. The number of likely N-dealkylation sites (tertiary alicyclic amines) is 1. The van der Waals surface area contributed by atoms with Crippen molar-refractivity contribution in [2.45, 2.75) is 69.5 Å². The number of nitrogens with zero attached hydrogens (tertiary/aromatic N) is 1. The molecule has 9 heteroatoms. The van der Waals surface area contributed by atoms with Gasteiger partial charge in [0.2, 0.25) is 11.8 Å². The molecule has 178 valence electrons. The van der Waals surface area contributed by atoms with E-state index in [0.29, 0.717) is 6.42 Å². The molecular weight excluding hydrogens is 424 g/mol. The van der Waals surface area contributed by atoms with Crippen LogP contribution in [-0.4, -0.2) is 51.9 Å². The number of imide groups is 1. The number of carboxylic acids is 1. The Balaban J connectivity index is 1.73. The van der Waals surface area contributed by atoms with E-state index >= 15 is 0 Å². The molecular formula is C24H32N4O5. The monoisotopic (exact) mass is 456 g/mol. The molecule has 4 rings (SSSR count). The molecule has 2 saturated heterocycles. The summed E-state index contributed by atoms with van der Waals surface area (Å²) in [5.41, 5.74) is 5.29. The van der Waals surface area contributed by atoms with E-state index in [2.05, 4.69) is 10.6 Å². The van der Waals surface area contributed by atoms with Crippen molar-refractivity contribution in [1.29, 1.82) is 0 Å². The average Bonchev–Trinajstić information content (AvgIpc) is 3.26. The molecule has 0 aromatic heterocycles. The Morgan fingerprint density at radius 2 is 1.88 bits per heavy atom. The average molecular weight is 457 g/mol. The molecule has 4 amide bonds. The second kappa shape index (κ2) is 9.13. The van der Waals surface area contributed by atoms with Crippen molar-refractivity contribution in [1.82, 2.24) is 15.5 Å². The zero-order chi connectivity index (χ0) is 23.8. The van der Waals surface area contributed by atoms with Gasteiger partial charge in [0, 0.05) is 18.6 Å². The predicted octanol–water partition coefficient (Wildman–Crippen LogP) is 1.85. The van der Waals surface area contributed by atoms with Crippen molar-refractivity contribution < 1.29 is 24.3 Å². The smallest absolute Gasteiger partial charge is 0.324 e. The highest BCUT2D eigenvalue weighted by Crippen LogP contribution is 2.52. The number of nitrogens with two attached hydrogens (primary N) is 1. The normalized spacial score (nSPS) is 29.8. The van der Waals surface area contributed by atoms with Gasteiger partial charge in [-0.15, -0.1) is 0 Å². The Labute approximate surface area is 193 Å². The number of benzene rings is 1. The Morgan fingerprint density at radius 3 is 2.52 bits per heavy atom. The first-order valence-corrected chi connectivity index (χ1v) is 11.7. The van der Waals surface area contributed by atoms with Crippen molar-refractivity contribution in [3.05, 3.63) is 35.4 Å². The number of hydrogen-bond donors (Lipinski definition) is 4. The molecule has 33 heavy (non-hydrogen) atoms. The molecule has 9 nitrogen and oxygen atoms in total. The van der Waals surface area contributed by atoms with Gasteiger partial charge in [-0.2, -0.15) is 0 Å². The first-order chi connectivity index (χ1) is 15.8. The first kappa shape index (κ1) is 23.2. The zero-order valence-electron chi connectivity index (χ0n) is 18.9. The minimum absolute atomic E-state index is 0.0870. The van der Waals surface area contributed by atoms with Crippen molar-refractivity contribution in [2.75, 3.05) is 6.54 Å². The van der Waals surface area contributed by atoms with Gasteiger partial charge < -0.3 is 16.2 Å². The summed E-state index contributed by atoms with van der Waals surface area (Å²) in [4.78, 5) is 52.6. The van der Waals surface area contributed by atoms with E-state index in [0.717, 1.165) is 43.2 Å². The molecule has 2 heterocycles. The number of urea groups is 1. The van der Waals surface area contributed by atoms with Crippen molar-refractivity contribution in [3.63, 3.8) is 0 Å². The number of hydrogen-bond acceptors (Lipinski definition) is 5. The van der Waals surface area contributed by atoms with Gasteiger partial charge in [-0.1, -0.05) is 43.5 Å². The molecule has 0 radical (unpaired) electrons. The van der Waals surface area contributed by atoms with Gasteiger partial charge >= 0.3 is 12.0 Å². The van der Waals surface area contributed by atoms with Gasteiger partial charge in [0.05, 0.1) is 11.8 Å². The number of amides is 4. The third-order valence-electron chi connectivity index (χ3n) is 7.58. The number of aliphatic carboxylic acids is 1. The standard InChI is InChI=1S/C24H32N4O5/c1-14-8-5-6-11-16(14)19-17-18(21(30)28(20(17)29)15-9-3-2-4-10-15)24(27-19,22(31)32)12-7-13-26-23(25)33/h5-6,8,11,15,17-19,27H,2-4,7,9-10,12-13H2,1H3,(H,31,32)(H3,25,26,33). The lowest BCUT2D eigenvalue weighted by Gasteiger charge is -2.34. The van der Waals surface area contributed by atoms with E-state index in [9.17, 15) is 24.3 Å². The van der Waals surface area contributed by atoms with Crippen LogP contribution in [0, 0.1) is 18.8 Å². The molecule has 4 atom stereocenters. The summed E-state index contributed by atoms with van der Waals surface area (Å²) in [6.07, 6.45) is 4.92. The summed E-state index contributed by atoms with van der Waals surface area (Å²) >= 11 is 0. The quantitative estimate of drug-likeness (QED) is 0.364. The third-order valence-corrected chi connectivity index (χ3v) is 7.58. The molecule has 3 fully saturated rings. The first-order valence-electron chi connectivity index (χ1n) is 11.7. The van der Waals surface area contributed by atoms with Gasteiger partial charge in [-0.05, 0) is 43.7 Å². The van der Waals surface area contributed by atoms with Gasteiger partial charge in [0.25, 0.3) is 0 Å². The highest BCUT2D eigenvalue weighted by Gasteiger charge is 2.68. The fourth-order valence-corrected chi connectivity index (χ4v) is 6.04. The van der Waals surface area contributed by atoms with E-state index in [1.165, 1.54) is 4.90 Å². The van der Waals surface area contributed by atoms with E-state index in [1.807, 2.05) is 31.2 Å². The Bertz CT molecular complexity index is 960. The van der Waals surface area contributed by atoms with E-state index in [4.69, 9.17) is 5.73 Å². The number of fused-ring (bicyclic) bond motifs is 1. The molecule has 0 bridgehead atoms. The van der Waals surface area contributed by atoms with Crippen LogP contribution in [0.1, 0.15) is 62.1 Å². The Morgan fingerprint density at radius 1 is 1.18 bits per heavy atom. The highest BCUT2D eigenvalue weighted by molar-refractivity contribution is 6.09. The SMILES string of the molecule is Cc1ccccc1C1NC(CCCNC(N)=O)(C(=O)O)C2C(=O)N(C3CCCCC3)C(=O)C12. The molecule has 1 aromatic carbocycles. The lowest BCUT2D eigenvalue weighted by Crippen LogP contribution is -2.56. The molecule has 4 unspecified atom stereocenters. The predicted molar refractivity (Wildman–Crippen MR) is 120 cm³/mol. The minimum Gasteiger partial charge on any atom is -0.480 e. The Kier molecular flexibility index (Phi) is 6.43. The van der Waals surface area contributed by atoms with Crippen LogP contribution >= 0.6 is 0 Å². The third kappa shape index (κ3) is 3.99. The van der Waals surface area contributed by atoms with Crippen LogP contribution in [0.5, 0.6) is 0 Å². The molecule has 1 aromatic rings. The summed E-state index contributed by atoms with van der Waals surface area (Å²) in [7, 11) is 0. The van der Waals surface area contributed by atoms with Gasteiger partial charge in [-0.3, -0.25) is 24.6 Å². The summed E-state index contributed by atoms with van der Waals surface area (Å²) in [5, 5.41) is 16.1. The topological polar surface area (TPSA) is 142 Å². The molecule has 0 spiro atoms. The maximum absolute atomic E-state index is 13.7. The Hall–Kier alpha value is -2.94. The number of nitrogens with one attached hydrogen (secondary N) is 2. The van der Waals surface area contributed by atoms with Crippen LogP contribution in [0.4, 0.5) is 4.79 Å². The summed E-state index contributed by atoms with van der Waals surface area (Å²) in [6, 6.07) is 6.12. The molecule has 2 aliphatic heterocycles. The van der Waals surface area contributed by atoms with E-state index in [1.54, 1.807) is 0 Å². The van der Waals surface area contributed by atoms with Crippen LogP contribution < -0.4 is 16.4 Å². The van der Waals surface area contributed by atoms with Crippen LogP contribution in [-0.2, 0) is 14.4 Å². The summed E-state index contributed by atoms with van der Waals surface area (Å²) < 4.78 is 0. The maximum Gasteiger partial charge on any atom is 0.324 e. The largest absolute Gasteiger partial charge is 0.480 e. The molecule has 1 aliphatic carbocycles. The van der Waals surface area contributed by atoms with Gasteiger partial charge in [-0.25, -0.2) is 4.79 Å².